The maximum atomic E-state index is 12.2. The highest BCUT2D eigenvalue weighted by atomic mass is 16.7. The predicted octanol–water partition coefficient (Wildman–Crippen LogP) is 1.56. The zero-order valence-electron chi connectivity index (χ0n) is 11.0. The summed E-state index contributed by atoms with van der Waals surface area (Å²) in [6, 6.07) is 9.01. The van der Waals surface area contributed by atoms with Crippen molar-refractivity contribution < 1.29 is 23.8 Å². The number of carbonyl (C=O) groups excluding carboxylic acids is 2. The third kappa shape index (κ3) is 2.73. The molecule has 0 N–H and O–H groups in total. The second-order valence-corrected chi connectivity index (χ2v) is 5.00. The van der Waals surface area contributed by atoms with Crippen molar-refractivity contribution in [3.05, 3.63) is 35.9 Å². The number of ketones is 1. The number of hydrogen-bond acceptors (Lipinski definition) is 5. The highest BCUT2D eigenvalue weighted by molar-refractivity contribution is 5.96. The molecule has 0 aliphatic carbocycles. The van der Waals surface area contributed by atoms with Crippen LogP contribution in [0.3, 0.4) is 0 Å². The smallest absolute Gasteiger partial charge is 0.306 e. The van der Waals surface area contributed by atoms with Crippen molar-refractivity contribution in [1.82, 2.24) is 0 Å². The van der Waals surface area contributed by atoms with Crippen molar-refractivity contribution in [3.8, 4) is 0 Å². The number of hydrogen-bond donors (Lipinski definition) is 0. The molecule has 0 radical (unpaired) electrons. The lowest BCUT2D eigenvalue weighted by atomic mass is 9.94. The van der Waals surface area contributed by atoms with Crippen LogP contribution in [0, 0.1) is 5.92 Å². The molecule has 2 heterocycles. The van der Waals surface area contributed by atoms with Gasteiger partial charge in [-0.05, 0) is 0 Å². The van der Waals surface area contributed by atoms with Crippen molar-refractivity contribution >= 4 is 11.8 Å². The van der Waals surface area contributed by atoms with Crippen LogP contribution in [0.1, 0.15) is 23.2 Å². The first-order chi connectivity index (χ1) is 9.74. The van der Waals surface area contributed by atoms with Crippen molar-refractivity contribution in [2.45, 2.75) is 25.2 Å². The van der Waals surface area contributed by atoms with E-state index in [0.717, 1.165) is 0 Å². The molecule has 106 valence electrons. The summed E-state index contributed by atoms with van der Waals surface area (Å²) in [5, 5.41) is 0. The largest absolute Gasteiger partial charge is 0.461 e. The van der Waals surface area contributed by atoms with Gasteiger partial charge in [-0.25, -0.2) is 0 Å². The molecule has 0 unspecified atom stereocenters. The fourth-order valence-corrected chi connectivity index (χ4v) is 2.64. The molecular formula is C15H16O5. The monoisotopic (exact) mass is 276 g/mol. The molecule has 0 aromatic heterocycles. The SMILES string of the molecule is O=C1C[C@@H](C2OCCO2)[C@H](CC(=O)c2ccccc2)O1. The second kappa shape index (κ2) is 5.73. The lowest BCUT2D eigenvalue weighted by Crippen LogP contribution is -2.30. The van der Waals surface area contributed by atoms with Gasteiger partial charge in [0, 0.05) is 12.0 Å². The molecule has 2 fully saturated rings. The van der Waals surface area contributed by atoms with Gasteiger partial charge in [0.05, 0.1) is 25.6 Å². The Morgan fingerprint density at radius 2 is 1.85 bits per heavy atom. The zero-order chi connectivity index (χ0) is 13.9. The van der Waals surface area contributed by atoms with Gasteiger partial charge < -0.3 is 14.2 Å². The van der Waals surface area contributed by atoms with E-state index in [1.807, 2.05) is 18.2 Å². The lowest BCUT2D eigenvalue weighted by Gasteiger charge is -2.21. The molecule has 0 amide bonds. The van der Waals surface area contributed by atoms with E-state index in [9.17, 15) is 9.59 Å². The van der Waals surface area contributed by atoms with E-state index >= 15 is 0 Å². The van der Waals surface area contributed by atoms with Crippen molar-refractivity contribution in [2.75, 3.05) is 13.2 Å². The Morgan fingerprint density at radius 3 is 2.55 bits per heavy atom. The molecule has 0 saturated carbocycles. The summed E-state index contributed by atoms with van der Waals surface area (Å²) < 4.78 is 16.1. The number of cyclic esters (lactones) is 1. The maximum absolute atomic E-state index is 12.2. The van der Waals surface area contributed by atoms with Crippen LogP contribution >= 0.6 is 0 Å². The van der Waals surface area contributed by atoms with E-state index < -0.39 is 12.4 Å². The molecule has 2 aliphatic heterocycles. The Kier molecular flexibility index (Phi) is 3.80. The lowest BCUT2D eigenvalue weighted by molar-refractivity contribution is -0.142. The summed E-state index contributed by atoms with van der Waals surface area (Å²) in [4.78, 5) is 23.7. The molecule has 1 aromatic carbocycles. The van der Waals surface area contributed by atoms with E-state index in [2.05, 4.69) is 0 Å². The van der Waals surface area contributed by atoms with Crippen molar-refractivity contribution in [3.63, 3.8) is 0 Å². The first-order valence-electron chi connectivity index (χ1n) is 6.75. The summed E-state index contributed by atoms with van der Waals surface area (Å²) in [7, 11) is 0. The minimum absolute atomic E-state index is 0.0340. The van der Waals surface area contributed by atoms with Gasteiger partial charge in [0.15, 0.2) is 12.1 Å². The van der Waals surface area contributed by atoms with E-state index in [1.54, 1.807) is 12.1 Å². The molecule has 20 heavy (non-hydrogen) atoms. The molecule has 2 saturated heterocycles. The van der Waals surface area contributed by atoms with Crippen LogP contribution in [0.25, 0.3) is 0 Å². The summed E-state index contributed by atoms with van der Waals surface area (Å²) in [6.45, 7) is 1.05. The Bertz CT molecular complexity index is 492. The molecule has 3 rings (SSSR count). The van der Waals surface area contributed by atoms with E-state index in [0.29, 0.717) is 18.8 Å². The second-order valence-electron chi connectivity index (χ2n) is 5.00. The van der Waals surface area contributed by atoms with Crippen LogP contribution in [0.15, 0.2) is 30.3 Å². The van der Waals surface area contributed by atoms with E-state index in [1.165, 1.54) is 0 Å². The van der Waals surface area contributed by atoms with E-state index in [4.69, 9.17) is 14.2 Å². The molecule has 2 atom stereocenters. The van der Waals surface area contributed by atoms with Crippen LogP contribution < -0.4 is 0 Å². The number of Topliss-reactive ketones (excluding diaryl/α,β-unsaturated/α-hetero) is 1. The molecular weight excluding hydrogens is 260 g/mol. The molecule has 5 nitrogen and oxygen atoms in total. The highest BCUT2D eigenvalue weighted by Crippen LogP contribution is 2.32. The molecule has 1 aromatic rings. The van der Waals surface area contributed by atoms with Gasteiger partial charge in [-0.1, -0.05) is 30.3 Å². The number of carbonyl (C=O) groups is 2. The Labute approximate surface area is 116 Å². The van der Waals surface area contributed by atoms with Crippen molar-refractivity contribution in [1.29, 1.82) is 0 Å². The van der Waals surface area contributed by atoms with Crippen LogP contribution in [0.4, 0.5) is 0 Å². The molecule has 2 aliphatic rings. The first-order valence-corrected chi connectivity index (χ1v) is 6.75. The van der Waals surface area contributed by atoms with Crippen LogP contribution in [-0.4, -0.2) is 37.4 Å². The fourth-order valence-electron chi connectivity index (χ4n) is 2.64. The summed E-state index contributed by atoms with van der Waals surface area (Å²) in [5.74, 6) is -0.522. The summed E-state index contributed by atoms with van der Waals surface area (Å²) in [6.07, 6.45) is -0.477. The van der Waals surface area contributed by atoms with Gasteiger partial charge >= 0.3 is 5.97 Å². The van der Waals surface area contributed by atoms with Gasteiger partial charge in [0.2, 0.25) is 0 Å². The van der Waals surface area contributed by atoms with Gasteiger partial charge in [-0.15, -0.1) is 0 Å². The highest BCUT2D eigenvalue weighted by Gasteiger charge is 2.43. The summed E-state index contributed by atoms with van der Waals surface area (Å²) in [5.41, 5.74) is 0.627. The molecule has 5 heteroatoms. The van der Waals surface area contributed by atoms with Gasteiger partial charge in [-0.3, -0.25) is 9.59 Å². The number of benzene rings is 1. The van der Waals surface area contributed by atoms with Gasteiger partial charge in [0.25, 0.3) is 0 Å². The summed E-state index contributed by atoms with van der Waals surface area (Å²) >= 11 is 0. The molecule has 0 bridgehead atoms. The average molecular weight is 276 g/mol. The Hall–Kier alpha value is -1.72. The van der Waals surface area contributed by atoms with Gasteiger partial charge in [0.1, 0.15) is 6.10 Å². The Morgan fingerprint density at radius 1 is 1.15 bits per heavy atom. The van der Waals surface area contributed by atoms with E-state index in [-0.39, 0.29) is 30.5 Å². The maximum Gasteiger partial charge on any atom is 0.306 e. The number of ether oxygens (including phenoxy) is 3. The van der Waals surface area contributed by atoms with Crippen LogP contribution in [-0.2, 0) is 19.0 Å². The normalized spacial score (nSPS) is 26.7. The zero-order valence-corrected chi connectivity index (χ0v) is 11.0. The first kappa shape index (κ1) is 13.3. The van der Waals surface area contributed by atoms with Crippen molar-refractivity contribution in [2.24, 2.45) is 5.92 Å². The molecule has 0 spiro atoms. The topological polar surface area (TPSA) is 61.8 Å². The Balaban J connectivity index is 1.68. The van der Waals surface area contributed by atoms with Crippen LogP contribution in [0.5, 0.6) is 0 Å². The quantitative estimate of drug-likeness (QED) is 0.617. The minimum atomic E-state index is -0.460. The fraction of sp³-hybridized carbons (Fsp3) is 0.467. The average Bonchev–Trinajstić information content (AvgIpc) is 3.09. The van der Waals surface area contributed by atoms with Gasteiger partial charge in [-0.2, -0.15) is 0 Å². The number of rotatable bonds is 4. The standard InChI is InChI=1S/C15H16O5/c16-12(10-4-2-1-3-5-10)9-13-11(8-14(17)20-13)15-18-6-7-19-15/h1-5,11,13,15H,6-9H2/t11-,13+/m1/s1. The third-order valence-electron chi connectivity index (χ3n) is 3.64. The third-order valence-corrected chi connectivity index (χ3v) is 3.64. The minimum Gasteiger partial charge on any atom is -0.461 e. The number of esters is 1. The predicted molar refractivity (Wildman–Crippen MR) is 69.1 cm³/mol. The van der Waals surface area contributed by atoms with Crippen LogP contribution in [0.2, 0.25) is 0 Å².